The van der Waals surface area contributed by atoms with Gasteiger partial charge in [0.05, 0.1) is 12.5 Å². The predicted octanol–water partition coefficient (Wildman–Crippen LogP) is 4.25. The van der Waals surface area contributed by atoms with E-state index >= 15 is 0 Å². The predicted molar refractivity (Wildman–Crippen MR) is 125 cm³/mol. The van der Waals surface area contributed by atoms with Gasteiger partial charge in [-0.3, -0.25) is 14.7 Å². The first-order valence-electron chi connectivity index (χ1n) is 12.1. The molecule has 0 unspecified atom stereocenters. The lowest BCUT2D eigenvalue weighted by Gasteiger charge is -2.26. The number of hydrogen-bond acceptors (Lipinski definition) is 4. The van der Waals surface area contributed by atoms with Crippen LogP contribution in [0.4, 0.5) is 0 Å². The van der Waals surface area contributed by atoms with E-state index in [1.165, 1.54) is 43.2 Å². The molecule has 1 saturated carbocycles. The van der Waals surface area contributed by atoms with Crippen molar-refractivity contribution in [1.29, 1.82) is 0 Å². The number of benzene rings is 1. The number of carbonyl (C=O) groups excluding carboxylic acids is 2. The molecular formula is C25H37N5O2. The number of rotatable bonds is 14. The maximum absolute atomic E-state index is 12.3. The molecule has 1 heterocycles. The molecule has 7 nitrogen and oxygen atoms in total. The van der Waals surface area contributed by atoms with E-state index in [-0.39, 0.29) is 12.3 Å². The fourth-order valence-corrected chi connectivity index (χ4v) is 4.15. The number of aromatic amines is 1. The van der Waals surface area contributed by atoms with Crippen molar-refractivity contribution in [3.8, 4) is 0 Å². The highest BCUT2D eigenvalue weighted by Gasteiger charge is 2.21. The summed E-state index contributed by atoms with van der Waals surface area (Å²) in [6.07, 6.45) is 11.3. The maximum atomic E-state index is 12.3. The van der Waals surface area contributed by atoms with Crippen LogP contribution in [0.1, 0.15) is 106 Å². The van der Waals surface area contributed by atoms with Crippen molar-refractivity contribution in [2.45, 2.75) is 95.9 Å². The van der Waals surface area contributed by atoms with Gasteiger partial charge in [0, 0.05) is 12.8 Å². The summed E-state index contributed by atoms with van der Waals surface area (Å²) in [6.45, 7) is 2.17. The molecule has 2 amide bonds. The maximum Gasteiger partial charge on any atom is 0.220 e. The molecule has 7 heteroatoms. The molecule has 0 radical (unpaired) electrons. The number of amides is 2. The number of aromatic nitrogens is 3. The molecule has 174 valence electrons. The third-order valence-electron chi connectivity index (χ3n) is 6.29. The van der Waals surface area contributed by atoms with Crippen molar-refractivity contribution in [2.75, 3.05) is 0 Å². The quantitative estimate of drug-likeness (QED) is 0.382. The number of hydrogen-bond donors (Lipinski definition) is 3. The van der Waals surface area contributed by atoms with Gasteiger partial charge in [-0.1, -0.05) is 63.3 Å². The van der Waals surface area contributed by atoms with Crippen molar-refractivity contribution in [2.24, 2.45) is 5.73 Å². The second-order valence-corrected chi connectivity index (χ2v) is 8.96. The Balaban J connectivity index is 1.53. The fraction of sp³-hybridized carbons (Fsp3) is 0.600. The average Bonchev–Trinajstić information content (AvgIpc) is 3.19. The zero-order chi connectivity index (χ0) is 22.8. The standard InChI is InChI=1S/C25H37N5O2/c1-2-3-4-5-6-13-24(32)27-21(17-22(26)31)25-28-23(29-30-25)15-14-18-9-7-12-20(16-18)19-10-8-11-19/h7,9,12,16,19,21H,2-6,8,10-11,13-15,17H2,1H3,(H2,26,31)(H,27,32)(H,28,29,30)/t21-/m1/s1. The van der Waals surface area contributed by atoms with Gasteiger partial charge in [0.25, 0.3) is 0 Å². The largest absolute Gasteiger partial charge is 0.370 e. The van der Waals surface area contributed by atoms with Crippen LogP contribution in [0.25, 0.3) is 0 Å². The molecule has 1 aliphatic carbocycles. The van der Waals surface area contributed by atoms with E-state index in [1.807, 2.05) is 0 Å². The van der Waals surface area contributed by atoms with Gasteiger partial charge in [-0.25, -0.2) is 4.98 Å². The van der Waals surface area contributed by atoms with E-state index in [2.05, 4.69) is 51.7 Å². The van der Waals surface area contributed by atoms with Crippen LogP contribution >= 0.6 is 0 Å². The average molecular weight is 440 g/mol. The van der Waals surface area contributed by atoms with Crippen molar-refractivity contribution in [3.05, 3.63) is 47.0 Å². The Hall–Kier alpha value is -2.70. The molecule has 32 heavy (non-hydrogen) atoms. The smallest absolute Gasteiger partial charge is 0.220 e. The van der Waals surface area contributed by atoms with Crippen molar-refractivity contribution in [1.82, 2.24) is 20.5 Å². The molecule has 0 aliphatic heterocycles. The summed E-state index contributed by atoms with van der Waals surface area (Å²) in [5, 5.41) is 10.1. The second kappa shape index (κ2) is 12.4. The Morgan fingerprint density at radius 1 is 1.19 bits per heavy atom. The molecule has 1 fully saturated rings. The molecule has 1 aliphatic rings. The lowest BCUT2D eigenvalue weighted by molar-refractivity contribution is -0.122. The summed E-state index contributed by atoms with van der Waals surface area (Å²) in [7, 11) is 0. The number of primary amides is 1. The van der Waals surface area contributed by atoms with E-state index in [0.717, 1.165) is 31.6 Å². The third kappa shape index (κ3) is 7.46. The molecule has 3 rings (SSSR count). The lowest BCUT2D eigenvalue weighted by atomic mass is 9.79. The van der Waals surface area contributed by atoms with Crippen LogP contribution in [0.5, 0.6) is 0 Å². The van der Waals surface area contributed by atoms with Gasteiger partial charge in [-0.15, -0.1) is 0 Å². The number of carbonyl (C=O) groups is 2. The van der Waals surface area contributed by atoms with E-state index in [9.17, 15) is 9.59 Å². The van der Waals surface area contributed by atoms with E-state index in [1.54, 1.807) is 0 Å². The van der Waals surface area contributed by atoms with E-state index in [4.69, 9.17) is 5.73 Å². The SMILES string of the molecule is CCCCCCCC(=O)N[C@H](CC(N)=O)c1nc(CCc2cccc(C3CCC3)c2)n[nH]1. The van der Waals surface area contributed by atoms with E-state index < -0.39 is 11.9 Å². The monoisotopic (exact) mass is 439 g/mol. The van der Waals surface area contributed by atoms with Crippen LogP contribution in [-0.4, -0.2) is 27.0 Å². The first-order chi connectivity index (χ1) is 15.5. The summed E-state index contributed by atoms with van der Waals surface area (Å²) in [4.78, 5) is 28.4. The molecule has 1 atom stereocenters. The molecular weight excluding hydrogens is 402 g/mol. The summed E-state index contributed by atoms with van der Waals surface area (Å²) in [6, 6.07) is 8.23. The highest BCUT2D eigenvalue weighted by Crippen LogP contribution is 2.36. The van der Waals surface area contributed by atoms with Gasteiger partial charge in [-0.2, -0.15) is 5.10 Å². The second-order valence-electron chi connectivity index (χ2n) is 8.96. The summed E-state index contributed by atoms with van der Waals surface area (Å²) in [5.41, 5.74) is 8.12. The molecule has 0 spiro atoms. The van der Waals surface area contributed by atoms with Crippen LogP contribution < -0.4 is 11.1 Å². The van der Waals surface area contributed by atoms with Gasteiger partial charge in [-0.05, 0) is 42.7 Å². The number of unbranched alkanes of at least 4 members (excludes halogenated alkanes) is 4. The summed E-state index contributed by atoms with van der Waals surface area (Å²) in [5.74, 6) is 1.32. The molecule has 2 aromatic rings. The Bertz CT molecular complexity index is 875. The first-order valence-corrected chi connectivity index (χ1v) is 12.1. The van der Waals surface area contributed by atoms with Gasteiger partial charge in [0.15, 0.2) is 5.82 Å². The molecule has 1 aromatic heterocycles. The highest BCUT2D eigenvalue weighted by atomic mass is 16.2. The molecule has 1 aromatic carbocycles. The zero-order valence-electron chi connectivity index (χ0n) is 19.2. The fourth-order valence-electron chi connectivity index (χ4n) is 4.15. The summed E-state index contributed by atoms with van der Waals surface area (Å²) >= 11 is 0. The molecule has 4 N–H and O–H groups in total. The van der Waals surface area contributed by atoms with Crippen molar-refractivity contribution < 1.29 is 9.59 Å². The van der Waals surface area contributed by atoms with Crippen LogP contribution in [0.15, 0.2) is 24.3 Å². The number of nitrogens with two attached hydrogens (primary N) is 1. The van der Waals surface area contributed by atoms with Gasteiger partial charge < -0.3 is 11.1 Å². The number of nitrogens with zero attached hydrogens (tertiary/aromatic N) is 2. The lowest BCUT2D eigenvalue weighted by Crippen LogP contribution is -2.32. The minimum atomic E-state index is -0.571. The number of nitrogens with one attached hydrogen (secondary N) is 2. The van der Waals surface area contributed by atoms with E-state index in [0.29, 0.717) is 24.5 Å². The normalized spacial score (nSPS) is 14.7. The third-order valence-corrected chi connectivity index (χ3v) is 6.29. The van der Waals surface area contributed by atoms with Crippen molar-refractivity contribution in [3.63, 3.8) is 0 Å². The highest BCUT2D eigenvalue weighted by molar-refractivity contribution is 5.78. The van der Waals surface area contributed by atoms with Gasteiger partial charge >= 0.3 is 0 Å². The Morgan fingerprint density at radius 2 is 2.00 bits per heavy atom. The van der Waals surface area contributed by atoms with Gasteiger partial charge in [0.1, 0.15) is 5.82 Å². The van der Waals surface area contributed by atoms with Crippen LogP contribution in [0.3, 0.4) is 0 Å². The Kier molecular flexibility index (Phi) is 9.26. The first kappa shape index (κ1) is 24.0. The van der Waals surface area contributed by atoms with Crippen molar-refractivity contribution >= 4 is 11.8 Å². The minimum absolute atomic E-state index is 0.000355. The van der Waals surface area contributed by atoms with Crippen LogP contribution in [-0.2, 0) is 22.4 Å². The molecule has 0 saturated heterocycles. The van der Waals surface area contributed by atoms with Crippen LogP contribution in [0.2, 0.25) is 0 Å². The van der Waals surface area contributed by atoms with Crippen LogP contribution in [0, 0.1) is 0 Å². The zero-order valence-corrected chi connectivity index (χ0v) is 19.2. The minimum Gasteiger partial charge on any atom is -0.370 e. The number of H-pyrrole nitrogens is 1. The summed E-state index contributed by atoms with van der Waals surface area (Å²) < 4.78 is 0. The van der Waals surface area contributed by atoms with Gasteiger partial charge in [0.2, 0.25) is 11.8 Å². The molecule has 0 bridgehead atoms. The number of aryl methyl sites for hydroxylation is 2. The Labute approximate surface area is 191 Å². The Morgan fingerprint density at radius 3 is 2.72 bits per heavy atom. The topological polar surface area (TPSA) is 114 Å².